The minimum atomic E-state index is -4.61. The number of sulfone groups is 1. The van der Waals surface area contributed by atoms with E-state index in [0.717, 1.165) is 17.8 Å². The van der Waals surface area contributed by atoms with Crippen molar-refractivity contribution in [1.29, 1.82) is 0 Å². The van der Waals surface area contributed by atoms with Crippen LogP contribution in [0.1, 0.15) is 25.8 Å². The lowest BCUT2D eigenvalue weighted by molar-refractivity contribution is -0.137. The van der Waals surface area contributed by atoms with Gasteiger partial charge in [0.05, 0.1) is 28.8 Å². The molecule has 0 radical (unpaired) electrons. The minimum absolute atomic E-state index is 0.135. The molecule has 0 saturated carbocycles. The third kappa shape index (κ3) is 4.01. The predicted octanol–water partition coefficient (Wildman–Crippen LogP) is 3.35. The molecule has 2 fully saturated rings. The van der Waals surface area contributed by atoms with Crippen molar-refractivity contribution < 1.29 is 26.4 Å². The zero-order valence-electron chi connectivity index (χ0n) is 14.7. The van der Waals surface area contributed by atoms with E-state index in [1.54, 1.807) is 6.92 Å². The number of halogens is 3. The van der Waals surface area contributed by atoms with Crippen LogP contribution in [0, 0.1) is 5.92 Å². The highest BCUT2D eigenvalue weighted by Crippen LogP contribution is 2.45. The quantitative estimate of drug-likeness (QED) is 0.750. The second-order valence-electron chi connectivity index (χ2n) is 6.73. The average Bonchev–Trinajstić information content (AvgIpc) is 3.03. The topological polar surface area (TPSA) is 66.8 Å². The van der Waals surface area contributed by atoms with Crippen LogP contribution in [0.5, 0.6) is 0 Å². The van der Waals surface area contributed by atoms with Crippen molar-refractivity contribution >= 4 is 38.4 Å². The molecule has 0 unspecified atom stereocenters. The molecule has 2 saturated heterocycles. The fourth-order valence-electron chi connectivity index (χ4n) is 3.15. The molecule has 1 amide bonds. The van der Waals surface area contributed by atoms with Crippen LogP contribution in [-0.4, -0.2) is 42.3 Å². The summed E-state index contributed by atoms with van der Waals surface area (Å²) in [5.74, 6) is -1.17. The van der Waals surface area contributed by atoms with Crippen molar-refractivity contribution in [3.63, 3.8) is 0 Å². The van der Waals surface area contributed by atoms with Crippen LogP contribution in [0.15, 0.2) is 29.3 Å². The second kappa shape index (κ2) is 7.12. The van der Waals surface area contributed by atoms with Crippen LogP contribution in [-0.2, 0) is 20.8 Å². The van der Waals surface area contributed by atoms with Gasteiger partial charge in [-0.3, -0.25) is 4.79 Å². The number of aliphatic imine (C=N–C) groups is 1. The third-order valence-corrected chi connectivity index (χ3v) is 7.99. The number of carbonyl (C=O) groups is 1. The summed E-state index contributed by atoms with van der Waals surface area (Å²) in [7, 11) is -3.35. The summed E-state index contributed by atoms with van der Waals surface area (Å²) in [4.78, 5) is 17.6. The fourth-order valence-corrected chi connectivity index (χ4v) is 7.06. The normalized spacial score (nSPS) is 27.0. The number of hydrogen-bond donors (Lipinski definition) is 0. The van der Waals surface area contributed by atoms with E-state index in [0.29, 0.717) is 6.42 Å². The number of para-hydroxylation sites is 1. The zero-order chi connectivity index (χ0) is 20.0. The number of fused-ring (bicyclic) bond motifs is 1. The van der Waals surface area contributed by atoms with Crippen molar-refractivity contribution in [2.24, 2.45) is 10.9 Å². The van der Waals surface area contributed by atoms with Gasteiger partial charge >= 0.3 is 6.18 Å². The largest absolute Gasteiger partial charge is 0.418 e. The molecule has 2 aliphatic rings. The number of anilines is 1. The molecular formula is C17H19F3N2O3S2. The second-order valence-corrected chi connectivity index (χ2v) is 10.1. The molecular weight excluding hydrogens is 401 g/mol. The number of thioether (sulfide) groups is 1. The Hall–Kier alpha value is -1.55. The summed E-state index contributed by atoms with van der Waals surface area (Å²) < 4.78 is 64.6. The lowest BCUT2D eigenvalue weighted by Crippen LogP contribution is -2.39. The van der Waals surface area contributed by atoms with E-state index in [-0.39, 0.29) is 28.3 Å². The maximum absolute atomic E-state index is 13.5. The summed E-state index contributed by atoms with van der Waals surface area (Å²) in [5.41, 5.74) is -1.04. The number of alkyl halides is 3. The molecule has 27 heavy (non-hydrogen) atoms. The number of benzene rings is 1. The van der Waals surface area contributed by atoms with Crippen LogP contribution in [0.4, 0.5) is 18.9 Å². The van der Waals surface area contributed by atoms with Crippen molar-refractivity contribution in [3.05, 3.63) is 29.8 Å². The van der Waals surface area contributed by atoms with Gasteiger partial charge in [-0.15, -0.1) is 0 Å². The van der Waals surface area contributed by atoms with Gasteiger partial charge < -0.3 is 4.90 Å². The fraction of sp³-hybridized carbons (Fsp3) is 0.529. The Morgan fingerprint density at radius 1 is 1.33 bits per heavy atom. The number of rotatable bonds is 3. The summed E-state index contributed by atoms with van der Waals surface area (Å²) in [6, 6.07) is 4.30. The van der Waals surface area contributed by atoms with Crippen LogP contribution in [0.2, 0.25) is 0 Å². The highest BCUT2D eigenvalue weighted by Gasteiger charge is 2.51. The average molecular weight is 420 g/mol. The minimum Gasteiger partial charge on any atom is -0.315 e. The zero-order valence-corrected chi connectivity index (χ0v) is 16.4. The molecule has 1 aromatic carbocycles. The highest BCUT2D eigenvalue weighted by molar-refractivity contribution is 8.16. The number of amidine groups is 1. The molecule has 1 aromatic rings. The van der Waals surface area contributed by atoms with Crippen LogP contribution >= 0.6 is 11.8 Å². The Kier molecular flexibility index (Phi) is 5.33. The van der Waals surface area contributed by atoms with Gasteiger partial charge in [0.2, 0.25) is 0 Å². The van der Waals surface area contributed by atoms with Gasteiger partial charge in [-0.25, -0.2) is 8.42 Å². The Balaban J connectivity index is 2.10. The first-order valence-corrected chi connectivity index (χ1v) is 11.2. The number of amides is 1. The first-order valence-electron chi connectivity index (χ1n) is 8.48. The monoisotopic (exact) mass is 420 g/mol. The van der Waals surface area contributed by atoms with Crippen LogP contribution in [0.25, 0.3) is 0 Å². The van der Waals surface area contributed by atoms with E-state index in [4.69, 9.17) is 0 Å². The smallest absolute Gasteiger partial charge is 0.315 e. The molecule has 148 valence electrons. The number of hydrogen-bond acceptors (Lipinski definition) is 4. The molecule has 3 atom stereocenters. The van der Waals surface area contributed by atoms with Crippen molar-refractivity contribution in [2.45, 2.75) is 37.7 Å². The van der Waals surface area contributed by atoms with Gasteiger partial charge in [0.25, 0.3) is 5.91 Å². The Bertz CT molecular complexity index is 884. The van der Waals surface area contributed by atoms with E-state index < -0.39 is 38.8 Å². The van der Waals surface area contributed by atoms with E-state index in [1.807, 2.05) is 6.92 Å². The summed E-state index contributed by atoms with van der Waals surface area (Å²) >= 11 is 1.07. The van der Waals surface area contributed by atoms with E-state index in [2.05, 4.69) is 4.99 Å². The first-order chi connectivity index (χ1) is 12.5. The summed E-state index contributed by atoms with van der Waals surface area (Å²) in [5, 5.41) is -0.304. The molecule has 5 nitrogen and oxygen atoms in total. The Morgan fingerprint density at radius 3 is 2.63 bits per heavy atom. The van der Waals surface area contributed by atoms with Gasteiger partial charge in [-0.05, 0) is 18.6 Å². The Labute approximate surface area is 159 Å². The predicted molar refractivity (Wildman–Crippen MR) is 99.6 cm³/mol. The molecule has 0 aliphatic carbocycles. The van der Waals surface area contributed by atoms with Gasteiger partial charge in [-0.1, -0.05) is 37.7 Å². The van der Waals surface area contributed by atoms with E-state index in [9.17, 15) is 26.4 Å². The van der Waals surface area contributed by atoms with Gasteiger partial charge in [0, 0.05) is 11.2 Å². The van der Waals surface area contributed by atoms with Gasteiger partial charge in [0.1, 0.15) is 0 Å². The lowest BCUT2D eigenvalue weighted by atomic mass is 10.1. The van der Waals surface area contributed by atoms with Gasteiger partial charge in [-0.2, -0.15) is 18.2 Å². The summed E-state index contributed by atoms with van der Waals surface area (Å²) in [6.07, 6.45) is -4.05. The van der Waals surface area contributed by atoms with E-state index in [1.165, 1.54) is 23.1 Å². The van der Waals surface area contributed by atoms with Crippen molar-refractivity contribution in [2.75, 3.05) is 16.4 Å². The first kappa shape index (κ1) is 20.2. The maximum atomic E-state index is 13.5. The number of nitrogens with zero attached hydrogens (tertiary/aromatic N) is 2. The van der Waals surface area contributed by atoms with Crippen molar-refractivity contribution in [1.82, 2.24) is 0 Å². The molecule has 2 heterocycles. The van der Waals surface area contributed by atoms with Crippen LogP contribution < -0.4 is 4.90 Å². The Morgan fingerprint density at radius 2 is 2.00 bits per heavy atom. The SMILES string of the molecule is CC[C@H](C)C(=O)N=C1S[C@H]2CS(=O)(=O)C[C@@H]2N1c1ccccc1C(F)(F)F. The molecule has 2 aliphatic heterocycles. The highest BCUT2D eigenvalue weighted by atomic mass is 32.2. The lowest BCUT2D eigenvalue weighted by Gasteiger charge is -2.27. The third-order valence-electron chi connectivity index (χ3n) is 4.78. The van der Waals surface area contributed by atoms with Gasteiger partial charge in [0.15, 0.2) is 15.0 Å². The standard InChI is InChI=1S/C17H19F3N2O3S2/c1-3-10(2)15(23)21-16-22(13-8-27(24,25)9-14(13)26-16)12-7-5-4-6-11(12)17(18,19)20/h4-7,10,13-14H,3,8-9H2,1-2H3/t10-,13-,14-/m0/s1. The molecule has 0 aromatic heterocycles. The number of carbonyl (C=O) groups excluding carboxylic acids is 1. The molecule has 10 heteroatoms. The molecule has 3 rings (SSSR count). The molecule has 0 N–H and O–H groups in total. The van der Waals surface area contributed by atoms with Crippen LogP contribution in [0.3, 0.4) is 0 Å². The van der Waals surface area contributed by atoms with E-state index >= 15 is 0 Å². The van der Waals surface area contributed by atoms with Crippen molar-refractivity contribution in [3.8, 4) is 0 Å². The molecule has 0 bridgehead atoms. The summed E-state index contributed by atoms with van der Waals surface area (Å²) in [6.45, 7) is 3.52. The molecule has 0 spiro atoms. The maximum Gasteiger partial charge on any atom is 0.418 e.